The molecule has 0 atom stereocenters. The van der Waals surface area contributed by atoms with Crippen LogP contribution in [0.5, 0.6) is 0 Å². The van der Waals surface area contributed by atoms with Crippen LogP contribution >= 0.6 is 0 Å². The van der Waals surface area contributed by atoms with Gasteiger partial charge >= 0.3 is 10.2 Å². The van der Waals surface area contributed by atoms with Gasteiger partial charge in [0.25, 0.3) is 0 Å². The summed E-state index contributed by atoms with van der Waals surface area (Å²) in [5.74, 6) is 1.07. The van der Waals surface area contributed by atoms with Gasteiger partial charge in [0.15, 0.2) is 0 Å². The highest BCUT2D eigenvalue weighted by molar-refractivity contribution is 7.86. The first kappa shape index (κ1) is 12.9. The standard InChI is InChI=1S/C10H20FNO2S/c1-9(2)10-3-5-12(6-4-10)7-8-15(11,13)14/h9-10H,3-8H2,1-2H3. The van der Waals surface area contributed by atoms with Crippen LogP contribution < -0.4 is 0 Å². The van der Waals surface area contributed by atoms with Gasteiger partial charge in [0.1, 0.15) is 0 Å². The van der Waals surface area contributed by atoms with Crippen molar-refractivity contribution in [2.24, 2.45) is 11.8 Å². The molecule has 15 heavy (non-hydrogen) atoms. The average Bonchev–Trinajstić information content (AvgIpc) is 2.14. The van der Waals surface area contributed by atoms with Crippen LogP contribution in [0.3, 0.4) is 0 Å². The molecule has 0 amide bonds. The van der Waals surface area contributed by atoms with Crippen molar-refractivity contribution in [1.29, 1.82) is 0 Å². The zero-order chi connectivity index (χ0) is 11.5. The quantitative estimate of drug-likeness (QED) is 0.698. The van der Waals surface area contributed by atoms with Crippen molar-refractivity contribution in [3.05, 3.63) is 0 Å². The van der Waals surface area contributed by atoms with E-state index >= 15 is 0 Å². The molecule has 0 N–H and O–H groups in total. The molecule has 3 nitrogen and oxygen atoms in total. The molecule has 1 rings (SSSR count). The van der Waals surface area contributed by atoms with Gasteiger partial charge in [0.05, 0.1) is 5.75 Å². The normalized spacial score (nSPS) is 21.1. The van der Waals surface area contributed by atoms with Crippen molar-refractivity contribution < 1.29 is 12.3 Å². The molecule has 0 aromatic carbocycles. The molecule has 0 unspecified atom stereocenters. The van der Waals surface area contributed by atoms with E-state index in [0.29, 0.717) is 12.5 Å². The van der Waals surface area contributed by atoms with E-state index < -0.39 is 10.2 Å². The Kier molecular flexibility index (Phi) is 4.52. The number of likely N-dealkylation sites (tertiary alicyclic amines) is 1. The molecule has 0 spiro atoms. The smallest absolute Gasteiger partial charge is 0.302 e. The number of hydrogen-bond acceptors (Lipinski definition) is 3. The van der Waals surface area contributed by atoms with Crippen LogP contribution in [0.1, 0.15) is 26.7 Å². The summed E-state index contributed by atoms with van der Waals surface area (Å²) in [4.78, 5) is 2.04. The summed E-state index contributed by atoms with van der Waals surface area (Å²) in [5, 5.41) is 0. The Balaban J connectivity index is 2.26. The molecular weight excluding hydrogens is 217 g/mol. The van der Waals surface area contributed by atoms with Crippen LogP contribution in [-0.4, -0.2) is 38.7 Å². The second-order valence-corrected chi connectivity index (χ2v) is 6.15. The van der Waals surface area contributed by atoms with E-state index in [2.05, 4.69) is 13.8 Å². The van der Waals surface area contributed by atoms with Crippen LogP contribution in [0.4, 0.5) is 3.89 Å². The maximum absolute atomic E-state index is 12.3. The van der Waals surface area contributed by atoms with Crippen molar-refractivity contribution in [2.45, 2.75) is 26.7 Å². The molecular formula is C10H20FNO2S. The molecule has 1 saturated heterocycles. The van der Waals surface area contributed by atoms with Crippen LogP contribution in [-0.2, 0) is 10.2 Å². The zero-order valence-electron chi connectivity index (χ0n) is 9.45. The predicted octanol–water partition coefficient (Wildman–Crippen LogP) is 1.65. The van der Waals surface area contributed by atoms with Gasteiger partial charge in [-0.1, -0.05) is 13.8 Å². The van der Waals surface area contributed by atoms with Gasteiger partial charge in [-0.3, -0.25) is 0 Å². The van der Waals surface area contributed by atoms with Gasteiger partial charge < -0.3 is 4.90 Å². The summed E-state index contributed by atoms with van der Waals surface area (Å²) in [6.45, 7) is 6.57. The first-order chi connectivity index (χ1) is 6.88. The minimum atomic E-state index is -4.30. The van der Waals surface area contributed by atoms with Gasteiger partial charge in [-0.25, -0.2) is 0 Å². The number of piperidine rings is 1. The summed E-state index contributed by atoms with van der Waals surface area (Å²) in [7, 11) is -4.30. The fourth-order valence-corrected chi connectivity index (χ4v) is 2.56. The molecule has 0 aliphatic carbocycles. The lowest BCUT2D eigenvalue weighted by molar-refractivity contribution is 0.164. The molecule has 1 aliphatic heterocycles. The van der Waals surface area contributed by atoms with Gasteiger partial charge in [-0.05, 0) is 37.8 Å². The van der Waals surface area contributed by atoms with Crippen molar-refractivity contribution in [1.82, 2.24) is 4.90 Å². The molecule has 90 valence electrons. The monoisotopic (exact) mass is 237 g/mol. The lowest BCUT2D eigenvalue weighted by atomic mass is 9.87. The number of rotatable bonds is 4. The van der Waals surface area contributed by atoms with Gasteiger partial charge in [0, 0.05) is 6.54 Å². The predicted molar refractivity (Wildman–Crippen MR) is 58.9 cm³/mol. The minimum Gasteiger partial charge on any atom is -0.302 e. The highest BCUT2D eigenvalue weighted by atomic mass is 32.3. The average molecular weight is 237 g/mol. The summed E-state index contributed by atoms with van der Waals surface area (Å²) < 4.78 is 33.0. The molecule has 0 radical (unpaired) electrons. The van der Waals surface area contributed by atoms with Crippen LogP contribution in [0.15, 0.2) is 0 Å². The topological polar surface area (TPSA) is 37.4 Å². The Hall–Kier alpha value is -0.160. The third-order valence-corrected chi connectivity index (χ3v) is 3.90. The van der Waals surface area contributed by atoms with Crippen LogP contribution in [0.25, 0.3) is 0 Å². The maximum atomic E-state index is 12.3. The van der Waals surface area contributed by atoms with Crippen LogP contribution in [0, 0.1) is 11.8 Å². The van der Waals surface area contributed by atoms with Crippen molar-refractivity contribution in [2.75, 3.05) is 25.4 Å². The second-order valence-electron chi connectivity index (χ2n) is 4.67. The molecule has 0 aromatic heterocycles. The Bertz CT molecular complexity index is 282. The summed E-state index contributed by atoms with van der Waals surface area (Å²) in [6, 6.07) is 0. The van der Waals surface area contributed by atoms with Gasteiger partial charge in [-0.2, -0.15) is 8.42 Å². The minimum absolute atomic E-state index is 0.337. The summed E-state index contributed by atoms with van der Waals surface area (Å²) in [5.41, 5.74) is 0. The Morgan fingerprint density at radius 1 is 1.33 bits per heavy atom. The van der Waals surface area contributed by atoms with Crippen molar-refractivity contribution >= 4 is 10.2 Å². The number of halogens is 1. The fraction of sp³-hybridized carbons (Fsp3) is 1.00. The Morgan fingerprint density at radius 3 is 2.27 bits per heavy atom. The van der Waals surface area contributed by atoms with E-state index in [9.17, 15) is 12.3 Å². The number of hydrogen-bond donors (Lipinski definition) is 0. The molecule has 5 heteroatoms. The summed E-state index contributed by atoms with van der Waals surface area (Å²) >= 11 is 0. The first-order valence-corrected chi connectivity index (χ1v) is 7.08. The highest BCUT2D eigenvalue weighted by Gasteiger charge is 2.22. The molecule has 0 saturated carbocycles. The third-order valence-electron chi connectivity index (χ3n) is 3.23. The third kappa shape index (κ3) is 4.93. The van der Waals surface area contributed by atoms with Crippen molar-refractivity contribution in [3.8, 4) is 0 Å². The molecule has 0 aromatic rings. The second kappa shape index (κ2) is 5.25. The highest BCUT2D eigenvalue weighted by Crippen LogP contribution is 2.24. The van der Waals surface area contributed by atoms with E-state index in [1.807, 2.05) is 4.90 Å². The maximum Gasteiger partial charge on any atom is 0.303 e. The molecule has 0 bridgehead atoms. The van der Waals surface area contributed by atoms with Gasteiger partial charge in [-0.15, -0.1) is 3.89 Å². The van der Waals surface area contributed by atoms with E-state index in [4.69, 9.17) is 0 Å². The molecule has 1 heterocycles. The van der Waals surface area contributed by atoms with Crippen LogP contribution in [0.2, 0.25) is 0 Å². The summed E-state index contributed by atoms with van der Waals surface area (Å²) in [6.07, 6.45) is 2.20. The van der Waals surface area contributed by atoms with E-state index in [1.165, 1.54) is 0 Å². The van der Waals surface area contributed by atoms with E-state index in [0.717, 1.165) is 31.8 Å². The zero-order valence-corrected chi connectivity index (χ0v) is 10.3. The lowest BCUT2D eigenvalue weighted by Crippen LogP contribution is -2.37. The first-order valence-electron chi connectivity index (χ1n) is 5.53. The Labute approximate surface area is 91.9 Å². The molecule has 1 fully saturated rings. The Morgan fingerprint density at radius 2 is 1.87 bits per heavy atom. The number of nitrogens with zero attached hydrogens (tertiary/aromatic N) is 1. The lowest BCUT2D eigenvalue weighted by Gasteiger charge is -2.33. The molecule has 1 aliphatic rings. The SMILES string of the molecule is CC(C)C1CCN(CCS(=O)(=O)F)CC1. The fourth-order valence-electron chi connectivity index (χ4n) is 2.08. The van der Waals surface area contributed by atoms with E-state index in [1.54, 1.807) is 0 Å². The van der Waals surface area contributed by atoms with E-state index in [-0.39, 0.29) is 5.75 Å². The largest absolute Gasteiger partial charge is 0.303 e. The van der Waals surface area contributed by atoms with Gasteiger partial charge in [0.2, 0.25) is 0 Å². The van der Waals surface area contributed by atoms with Crippen molar-refractivity contribution in [3.63, 3.8) is 0 Å².